The van der Waals surface area contributed by atoms with Gasteiger partial charge in [0.15, 0.2) is 0 Å². The maximum atomic E-state index is 12.5. The van der Waals surface area contributed by atoms with Crippen LogP contribution in [0.2, 0.25) is 5.02 Å². The molecule has 0 radical (unpaired) electrons. The Morgan fingerprint density at radius 3 is 2.90 bits per heavy atom. The van der Waals surface area contributed by atoms with Crippen molar-refractivity contribution in [3.8, 4) is 5.75 Å². The molecule has 1 saturated heterocycles. The minimum absolute atomic E-state index is 0.0242. The van der Waals surface area contributed by atoms with Crippen LogP contribution >= 0.6 is 11.6 Å². The first kappa shape index (κ1) is 26.7. The fourth-order valence-electron chi connectivity index (χ4n) is 7.31. The van der Waals surface area contributed by atoms with E-state index in [4.69, 9.17) is 25.8 Å². The van der Waals surface area contributed by atoms with Gasteiger partial charge in [-0.1, -0.05) is 23.7 Å². The molecule has 2 aromatic carbocycles. The topological polar surface area (TPSA) is 68.2 Å². The largest absolute Gasteiger partial charge is 0.490 e. The van der Waals surface area contributed by atoms with Crippen LogP contribution in [0.1, 0.15) is 60.0 Å². The molecule has 0 unspecified atom stereocenters. The molecule has 0 amide bonds. The Kier molecular flexibility index (Phi) is 7.15. The highest BCUT2D eigenvalue weighted by Crippen LogP contribution is 2.48. The van der Waals surface area contributed by atoms with Crippen molar-refractivity contribution in [1.29, 1.82) is 0 Å². The van der Waals surface area contributed by atoms with Crippen LogP contribution in [0.3, 0.4) is 0 Å². The minimum atomic E-state index is -0.849. The molecule has 1 spiro atoms. The molecule has 2 aromatic rings. The molecule has 2 heterocycles. The van der Waals surface area contributed by atoms with Crippen LogP contribution in [0.4, 0.5) is 5.69 Å². The average molecular weight is 552 g/mol. The van der Waals surface area contributed by atoms with Crippen LogP contribution in [-0.4, -0.2) is 56.2 Å². The summed E-state index contributed by atoms with van der Waals surface area (Å²) in [6.07, 6.45) is 8.24. The lowest BCUT2D eigenvalue weighted by Gasteiger charge is -2.48. The Bertz CT molecular complexity index is 1270. The summed E-state index contributed by atoms with van der Waals surface area (Å²) in [7, 11) is 1.41. The van der Waals surface area contributed by atoms with Crippen molar-refractivity contribution in [2.45, 2.75) is 62.1 Å². The number of benzene rings is 2. The molecule has 6 rings (SSSR count). The molecule has 2 aliphatic carbocycles. The summed E-state index contributed by atoms with van der Waals surface area (Å²) in [6, 6.07) is 11.9. The third-order valence-corrected chi connectivity index (χ3v) is 9.90. The number of ether oxygens (including phenoxy) is 3. The number of fused-ring (bicyclic) bond motifs is 3. The molecule has 0 aromatic heterocycles. The van der Waals surface area contributed by atoms with Crippen LogP contribution in [0, 0.1) is 11.8 Å². The number of carbonyl (C=O) groups is 1. The van der Waals surface area contributed by atoms with Crippen molar-refractivity contribution in [1.82, 2.24) is 0 Å². The number of esters is 1. The SMILES string of the molecule is C=C[C@@]1(O)CCO[C@H]([C@@H]2CC[C@H]2CN2C[C@@]3(CCCc4cc(Cl)ccc43)COc3ccc(C(=O)OC)cc32)C1. The lowest BCUT2D eigenvalue weighted by atomic mass is 9.67. The van der Waals surface area contributed by atoms with Gasteiger partial charge in [-0.25, -0.2) is 4.79 Å². The van der Waals surface area contributed by atoms with E-state index in [0.717, 1.165) is 61.7 Å². The Hall–Kier alpha value is -2.54. The highest BCUT2D eigenvalue weighted by Gasteiger charge is 2.46. The van der Waals surface area contributed by atoms with E-state index in [1.165, 1.54) is 18.2 Å². The Morgan fingerprint density at radius 2 is 2.13 bits per heavy atom. The second kappa shape index (κ2) is 10.5. The van der Waals surface area contributed by atoms with Crippen molar-refractivity contribution < 1.29 is 24.1 Å². The van der Waals surface area contributed by atoms with E-state index in [9.17, 15) is 9.90 Å². The average Bonchev–Trinajstić information content (AvgIpc) is 3.07. The number of methoxy groups -OCH3 is 1. The summed E-state index contributed by atoms with van der Waals surface area (Å²) in [5.41, 5.74) is 3.06. The van der Waals surface area contributed by atoms with Gasteiger partial charge in [0.25, 0.3) is 0 Å². The van der Waals surface area contributed by atoms with Gasteiger partial charge >= 0.3 is 5.97 Å². The maximum absolute atomic E-state index is 12.5. The molecule has 1 N–H and O–H groups in total. The van der Waals surface area contributed by atoms with Gasteiger partial charge in [-0.05, 0) is 85.4 Å². The van der Waals surface area contributed by atoms with Gasteiger partial charge in [0.1, 0.15) is 5.75 Å². The van der Waals surface area contributed by atoms with E-state index in [-0.39, 0.29) is 17.5 Å². The number of hydrogen-bond acceptors (Lipinski definition) is 6. The molecule has 6 nitrogen and oxygen atoms in total. The molecule has 5 atom stereocenters. The fourth-order valence-corrected chi connectivity index (χ4v) is 7.50. The molecule has 2 fully saturated rings. The van der Waals surface area contributed by atoms with Crippen LogP contribution in [0.25, 0.3) is 0 Å². The van der Waals surface area contributed by atoms with E-state index in [1.807, 2.05) is 18.2 Å². The summed E-state index contributed by atoms with van der Waals surface area (Å²) < 4.78 is 17.8. The van der Waals surface area contributed by atoms with E-state index in [0.29, 0.717) is 43.5 Å². The molecule has 39 heavy (non-hydrogen) atoms. The zero-order chi connectivity index (χ0) is 27.2. The smallest absolute Gasteiger partial charge is 0.337 e. The normalized spacial score (nSPS) is 31.8. The highest BCUT2D eigenvalue weighted by atomic mass is 35.5. The van der Waals surface area contributed by atoms with Crippen molar-refractivity contribution in [3.05, 3.63) is 70.8 Å². The quantitative estimate of drug-likeness (QED) is 0.378. The molecule has 7 heteroatoms. The Morgan fingerprint density at radius 1 is 1.26 bits per heavy atom. The number of hydrogen-bond donors (Lipinski definition) is 1. The van der Waals surface area contributed by atoms with Gasteiger partial charge in [0, 0.05) is 36.4 Å². The number of anilines is 1. The standard InChI is InChI=1S/C32H38ClNO5/c1-3-32(36)13-14-38-29(17-32)25-9-6-23(25)18-34-19-31(12-4-5-21-15-24(33)8-10-26(21)31)20-39-28-11-7-22(16-27(28)34)30(35)37-2/h3,7-8,10-11,15-16,23,25,29,36H,1,4-6,9,12-14,17-20H2,2H3/t23-,25+,29-,31-,32+/m0/s1. The first-order chi connectivity index (χ1) is 18.8. The van der Waals surface area contributed by atoms with Gasteiger partial charge in [-0.3, -0.25) is 0 Å². The second-order valence-electron chi connectivity index (χ2n) is 12.0. The summed E-state index contributed by atoms with van der Waals surface area (Å²) in [6.45, 7) is 6.64. The maximum Gasteiger partial charge on any atom is 0.337 e. The third-order valence-electron chi connectivity index (χ3n) is 9.67. The number of aryl methyl sites for hydroxylation is 1. The van der Waals surface area contributed by atoms with Crippen molar-refractivity contribution in [2.24, 2.45) is 11.8 Å². The van der Waals surface area contributed by atoms with Crippen LogP contribution in [0.15, 0.2) is 49.1 Å². The second-order valence-corrected chi connectivity index (χ2v) is 12.4. The summed E-state index contributed by atoms with van der Waals surface area (Å²) in [5, 5.41) is 11.7. The first-order valence-corrected chi connectivity index (χ1v) is 14.6. The van der Waals surface area contributed by atoms with E-state index < -0.39 is 5.60 Å². The van der Waals surface area contributed by atoms with Gasteiger partial charge in [-0.2, -0.15) is 0 Å². The summed E-state index contributed by atoms with van der Waals surface area (Å²) >= 11 is 6.39. The Labute approximate surface area is 235 Å². The van der Waals surface area contributed by atoms with E-state index in [1.54, 1.807) is 12.1 Å². The number of aliphatic hydroxyl groups is 1. The highest BCUT2D eigenvalue weighted by molar-refractivity contribution is 6.30. The summed E-state index contributed by atoms with van der Waals surface area (Å²) in [5.74, 6) is 1.24. The lowest BCUT2D eigenvalue weighted by Crippen LogP contribution is -2.52. The van der Waals surface area contributed by atoms with Crippen LogP contribution in [-0.2, 0) is 21.3 Å². The van der Waals surface area contributed by atoms with E-state index in [2.05, 4.69) is 23.6 Å². The predicted octanol–water partition coefficient (Wildman–Crippen LogP) is 5.72. The summed E-state index contributed by atoms with van der Waals surface area (Å²) in [4.78, 5) is 14.9. The van der Waals surface area contributed by atoms with Crippen molar-refractivity contribution in [2.75, 3.05) is 38.3 Å². The van der Waals surface area contributed by atoms with E-state index >= 15 is 0 Å². The van der Waals surface area contributed by atoms with Gasteiger partial charge in [-0.15, -0.1) is 6.58 Å². The lowest BCUT2D eigenvalue weighted by molar-refractivity contribution is -0.125. The third kappa shape index (κ3) is 4.96. The molecule has 1 saturated carbocycles. The minimum Gasteiger partial charge on any atom is -0.490 e. The van der Waals surface area contributed by atoms with Crippen molar-refractivity contribution in [3.63, 3.8) is 0 Å². The molecule has 0 bridgehead atoms. The Balaban J connectivity index is 1.34. The van der Waals surface area contributed by atoms with Gasteiger partial charge < -0.3 is 24.2 Å². The van der Waals surface area contributed by atoms with Crippen LogP contribution in [0.5, 0.6) is 5.75 Å². The number of halogens is 1. The number of rotatable bonds is 5. The number of nitrogens with zero attached hydrogens (tertiary/aromatic N) is 1. The monoisotopic (exact) mass is 551 g/mol. The zero-order valence-electron chi connectivity index (χ0n) is 22.7. The van der Waals surface area contributed by atoms with Gasteiger partial charge in [0.2, 0.25) is 0 Å². The molecule has 2 aliphatic heterocycles. The predicted molar refractivity (Wildman–Crippen MR) is 152 cm³/mol. The molecule has 4 aliphatic rings. The molecular weight excluding hydrogens is 514 g/mol. The first-order valence-electron chi connectivity index (χ1n) is 14.2. The molecule has 208 valence electrons. The van der Waals surface area contributed by atoms with Gasteiger partial charge in [0.05, 0.1) is 43.3 Å². The number of carbonyl (C=O) groups excluding carboxylic acids is 1. The fraction of sp³-hybridized carbons (Fsp3) is 0.531. The zero-order valence-corrected chi connectivity index (χ0v) is 23.4. The van der Waals surface area contributed by atoms with Crippen molar-refractivity contribution >= 4 is 23.3 Å². The van der Waals surface area contributed by atoms with Crippen LogP contribution < -0.4 is 9.64 Å². The molecular formula is C32H38ClNO5.